The van der Waals surface area contributed by atoms with E-state index in [-0.39, 0.29) is 17.9 Å². The molecule has 0 saturated carbocycles. The van der Waals surface area contributed by atoms with Gasteiger partial charge in [0.2, 0.25) is 0 Å². The molecule has 4 aromatic rings. The lowest BCUT2D eigenvalue weighted by Gasteiger charge is -2.35. The Morgan fingerprint density at radius 3 is 2.55 bits per heavy atom. The Balaban J connectivity index is 1.87. The Hall–Kier alpha value is -3.40. The van der Waals surface area contributed by atoms with E-state index in [0.717, 1.165) is 12.1 Å². The average Bonchev–Trinajstić information content (AvgIpc) is 3.29. The van der Waals surface area contributed by atoms with Crippen molar-refractivity contribution in [2.45, 2.75) is 25.1 Å². The zero-order chi connectivity index (χ0) is 20.8. The van der Waals surface area contributed by atoms with E-state index in [2.05, 4.69) is 15.2 Å². The van der Waals surface area contributed by atoms with Gasteiger partial charge >= 0.3 is 0 Å². The lowest BCUT2D eigenvalue weighted by Crippen LogP contribution is -2.41. The second kappa shape index (κ2) is 6.89. The summed E-state index contributed by atoms with van der Waals surface area (Å²) in [6.07, 6.45) is 2.63. The van der Waals surface area contributed by atoms with Crippen LogP contribution in [-0.4, -0.2) is 29.7 Å². The van der Waals surface area contributed by atoms with E-state index in [4.69, 9.17) is 5.73 Å². The summed E-state index contributed by atoms with van der Waals surface area (Å²) < 4.78 is 44.3. The molecule has 29 heavy (non-hydrogen) atoms. The van der Waals surface area contributed by atoms with Gasteiger partial charge in [-0.2, -0.15) is 10.2 Å². The molecule has 10 heteroatoms. The number of nitrogens with two attached hydrogens (primary N) is 1. The minimum atomic E-state index is -1.93. The summed E-state index contributed by atoms with van der Waals surface area (Å²) in [4.78, 5) is 3.83. The molecule has 2 heterocycles. The standard InChI is InChI=1S/C19H17F3N6O/c1-11(28-18(23)14-6-12(20)3-5-17(14)26-28)19(29,8-27-10-24-9-25-27)15-4-2-13(21)7-16(15)22/h2-7,9-11,29H,8,23H2,1H3/t11-,19-/m1/s1. The first-order valence-electron chi connectivity index (χ1n) is 8.73. The van der Waals surface area contributed by atoms with Crippen molar-refractivity contribution in [1.82, 2.24) is 24.5 Å². The number of nitrogens with zero attached hydrogens (tertiary/aromatic N) is 5. The van der Waals surface area contributed by atoms with Gasteiger partial charge in [-0.05, 0) is 31.2 Å². The number of aromatic nitrogens is 5. The predicted molar refractivity (Wildman–Crippen MR) is 99.1 cm³/mol. The van der Waals surface area contributed by atoms with Crippen LogP contribution in [0, 0.1) is 17.5 Å². The summed E-state index contributed by atoms with van der Waals surface area (Å²) in [7, 11) is 0. The van der Waals surface area contributed by atoms with Crippen molar-refractivity contribution in [3.05, 3.63) is 72.1 Å². The van der Waals surface area contributed by atoms with E-state index >= 15 is 0 Å². The number of halogens is 3. The molecular weight excluding hydrogens is 385 g/mol. The Morgan fingerprint density at radius 1 is 1.14 bits per heavy atom. The van der Waals surface area contributed by atoms with Crippen molar-refractivity contribution in [2.75, 3.05) is 5.73 Å². The summed E-state index contributed by atoms with van der Waals surface area (Å²) in [6, 6.07) is 5.90. The second-order valence-corrected chi connectivity index (χ2v) is 6.81. The van der Waals surface area contributed by atoms with Crippen molar-refractivity contribution < 1.29 is 18.3 Å². The molecule has 3 N–H and O–H groups in total. The van der Waals surface area contributed by atoms with Crippen molar-refractivity contribution in [2.24, 2.45) is 0 Å². The number of aliphatic hydroxyl groups is 1. The molecule has 0 saturated heterocycles. The Kier molecular flexibility index (Phi) is 4.50. The van der Waals surface area contributed by atoms with Gasteiger partial charge in [0.05, 0.1) is 18.1 Å². The Bertz CT molecular complexity index is 1180. The van der Waals surface area contributed by atoms with Crippen LogP contribution >= 0.6 is 0 Å². The van der Waals surface area contributed by atoms with Crippen LogP contribution in [0.2, 0.25) is 0 Å². The zero-order valence-corrected chi connectivity index (χ0v) is 15.3. The van der Waals surface area contributed by atoms with Crippen molar-refractivity contribution in [1.29, 1.82) is 0 Å². The van der Waals surface area contributed by atoms with Crippen LogP contribution in [0.15, 0.2) is 49.1 Å². The third-order valence-corrected chi connectivity index (χ3v) is 5.02. The summed E-state index contributed by atoms with van der Waals surface area (Å²) in [5.41, 5.74) is 4.48. The number of rotatable bonds is 5. The van der Waals surface area contributed by atoms with Crippen LogP contribution < -0.4 is 5.73 Å². The molecule has 2 atom stereocenters. The van der Waals surface area contributed by atoms with Crippen LogP contribution in [0.4, 0.5) is 19.0 Å². The maximum atomic E-state index is 14.7. The largest absolute Gasteiger partial charge is 0.383 e. The van der Waals surface area contributed by atoms with E-state index in [1.807, 2.05) is 0 Å². The van der Waals surface area contributed by atoms with E-state index in [1.165, 1.54) is 40.2 Å². The molecule has 0 amide bonds. The molecule has 7 nitrogen and oxygen atoms in total. The molecular formula is C19H17F3N6O. The molecule has 2 aromatic heterocycles. The van der Waals surface area contributed by atoms with Crippen LogP contribution in [0.25, 0.3) is 10.9 Å². The molecule has 4 rings (SSSR count). The smallest absolute Gasteiger partial charge is 0.137 e. The van der Waals surface area contributed by atoms with Crippen LogP contribution in [0.3, 0.4) is 0 Å². The highest BCUT2D eigenvalue weighted by Crippen LogP contribution is 2.38. The Labute approximate surface area is 163 Å². The highest BCUT2D eigenvalue weighted by Gasteiger charge is 2.41. The molecule has 0 radical (unpaired) electrons. The minimum absolute atomic E-state index is 0.103. The van der Waals surface area contributed by atoms with Gasteiger partial charge in [-0.3, -0.25) is 0 Å². The lowest BCUT2D eigenvalue weighted by molar-refractivity contribution is -0.0359. The predicted octanol–water partition coefficient (Wildman–Crippen LogP) is 2.78. The van der Waals surface area contributed by atoms with Crippen molar-refractivity contribution in [3.63, 3.8) is 0 Å². The van der Waals surface area contributed by atoms with Gasteiger partial charge < -0.3 is 10.8 Å². The first-order chi connectivity index (χ1) is 13.8. The minimum Gasteiger partial charge on any atom is -0.383 e. The second-order valence-electron chi connectivity index (χ2n) is 6.81. The van der Waals surface area contributed by atoms with E-state index in [1.54, 1.807) is 6.92 Å². The van der Waals surface area contributed by atoms with Gasteiger partial charge in [0.25, 0.3) is 0 Å². The van der Waals surface area contributed by atoms with Gasteiger partial charge in [0.1, 0.15) is 41.5 Å². The molecule has 0 bridgehead atoms. The fourth-order valence-electron chi connectivity index (χ4n) is 3.44. The zero-order valence-electron chi connectivity index (χ0n) is 15.3. The summed E-state index contributed by atoms with van der Waals surface area (Å²) in [5.74, 6) is -2.09. The normalized spacial score (nSPS) is 14.8. The number of benzene rings is 2. The molecule has 0 fully saturated rings. The van der Waals surface area contributed by atoms with Crippen molar-refractivity contribution >= 4 is 16.7 Å². The maximum absolute atomic E-state index is 14.7. The first kappa shape index (κ1) is 18.9. The van der Waals surface area contributed by atoms with Gasteiger partial charge in [-0.25, -0.2) is 27.5 Å². The molecule has 2 aromatic carbocycles. The van der Waals surface area contributed by atoms with Crippen LogP contribution in [0.1, 0.15) is 18.5 Å². The fraction of sp³-hybridized carbons (Fsp3) is 0.211. The molecule has 0 aliphatic heterocycles. The van der Waals surface area contributed by atoms with Crippen LogP contribution in [0.5, 0.6) is 0 Å². The third-order valence-electron chi connectivity index (χ3n) is 5.02. The number of hydrogen-bond donors (Lipinski definition) is 2. The summed E-state index contributed by atoms with van der Waals surface area (Å²) in [5, 5.41) is 20.3. The number of anilines is 1. The topological polar surface area (TPSA) is 94.8 Å². The van der Waals surface area contributed by atoms with E-state index in [0.29, 0.717) is 17.0 Å². The van der Waals surface area contributed by atoms with Gasteiger partial charge in [-0.1, -0.05) is 6.07 Å². The lowest BCUT2D eigenvalue weighted by atomic mass is 9.86. The highest BCUT2D eigenvalue weighted by molar-refractivity contribution is 5.89. The summed E-state index contributed by atoms with van der Waals surface area (Å²) >= 11 is 0. The monoisotopic (exact) mass is 402 g/mol. The average molecular weight is 402 g/mol. The van der Waals surface area contributed by atoms with Crippen molar-refractivity contribution in [3.8, 4) is 0 Å². The number of nitrogen functional groups attached to an aromatic ring is 1. The number of fused-ring (bicyclic) bond motifs is 1. The number of hydrogen-bond acceptors (Lipinski definition) is 5. The molecule has 0 aliphatic carbocycles. The molecule has 0 spiro atoms. The molecule has 150 valence electrons. The highest BCUT2D eigenvalue weighted by atomic mass is 19.1. The molecule has 0 unspecified atom stereocenters. The summed E-state index contributed by atoms with van der Waals surface area (Å²) in [6.45, 7) is 1.37. The maximum Gasteiger partial charge on any atom is 0.137 e. The third kappa shape index (κ3) is 3.21. The van der Waals surface area contributed by atoms with Gasteiger partial charge in [0, 0.05) is 17.0 Å². The van der Waals surface area contributed by atoms with E-state index < -0.39 is 29.1 Å². The SMILES string of the molecule is C[C@@H](n1nc2ccc(F)cc2c1N)[C@](O)(Cn1cncn1)c1ccc(F)cc1F. The first-order valence-corrected chi connectivity index (χ1v) is 8.73. The quantitative estimate of drug-likeness (QED) is 0.535. The van der Waals surface area contributed by atoms with Crippen LogP contribution in [-0.2, 0) is 12.1 Å². The Morgan fingerprint density at radius 2 is 1.86 bits per heavy atom. The van der Waals surface area contributed by atoms with E-state index in [9.17, 15) is 18.3 Å². The van der Waals surface area contributed by atoms with Gasteiger partial charge in [0.15, 0.2) is 0 Å². The fourth-order valence-corrected chi connectivity index (χ4v) is 3.44. The van der Waals surface area contributed by atoms with Gasteiger partial charge in [-0.15, -0.1) is 0 Å². The molecule has 0 aliphatic rings.